The Morgan fingerprint density at radius 2 is 2.19 bits per heavy atom. The molecule has 2 rings (SSSR count). The van der Waals surface area contributed by atoms with Gasteiger partial charge in [-0.15, -0.1) is 0 Å². The van der Waals surface area contributed by atoms with Crippen molar-refractivity contribution in [2.24, 2.45) is 5.73 Å². The Kier molecular flexibility index (Phi) is 2.97. The molecule has 3 N–H and O–H groups in total. The summed E-state index contributed by atoms with van der Waals surface area (Å²) in [5.41, 5.74) is 10.5. The number of anilines is 1. The van der Waals surface area contributed by atoms with Crippen molar-refractivity contribution in [1.82, 2.24) is 0 Å². The van der Waals surface area contributed by atoms with Gasteiger partial charge in [-0.1, -0.05) is 12.1 Å². The highest BCUT2D eigenvalue weighted by Crippen LogP contribution is 2.28. The monoisotopic (exact) mass is 218 g/mol. The van der Waals surface area contributed by atoms with Gasteiger partial charge in [-0.3, -0.25) is 4.79 Å². The minimum atomic E-state index is 0.121. The average Bonchev–Trinajstić information content (AvgIpc) is 2.18. The zero-order chi connectivity index (χ0) is 11.7. The molecule has 0 spiro atoms. The van der Waals surface area contributed by atoms with Gasteiger partial charge in [0.2, 0.25) is 5.91 Å². The van der Waals surface area contributed by atoms with E-state index in [1.807, 2.05) is 13.8 Å². The number of hydrogen-bond donors (Lipinski definition) is 2. The smallest absolute Gasteiger partial charge is 0.224 e. The molecule has 1 aliphatic rings. The van der Waals surface area contributed by atoms with Gasteiger partial charge in [-0.25, -0.2) is 0 Å². The molecule has 0 saturated heterocycles. The van der Waals surface area contributed by atoms with E-state index < -0.39 is 0 Å². The van der Waals surface area contributed by atoms with Gasteiger partial charge in [0.15, 0.2) is 0 Å². The van der Waals surface area contributed by atoms with Gasteiger partial charge in [0, 0.05) is 18.2 Å². The molecule has 0 fully saturated rings. The molecule has 86 valence electrons. The van der Waals surface area contributed by atoms with E-state index in [-0.39, 0.29) is 11.9 Å². The summed E-state index contributed by atoms with van der Waals surface area (Å²) in [4.78, 5) is 11.3. The van der Waals surface area contributed by atoms with Crippen LogP contribution in [0.15, 0.2) is 12.1 Å². The van der Waals surface area contributed by atoms with E-state index in [0.29, 0.717) is 6.42 Å². The summed E-state index contributed by atoms with van der Waals surface area (Å²) in [5, 5.41) is 2.94. The maximum Gasteiger partial charge on any atom is 0.224 e. The van der Waals surface area contributed by atoms with Gasteiger partial charge in [0.05, 0.1) is 0 Å². The Labute approximate surface area is 96.0 Å². The number of benzene rings is 1. The Bertz CT molecular complexity index is 424. The van der Waals surface area contributed by atoms with Crippen LogP contribution >= 0.6 is 0 Å². The zero-order valence-corrected chi connectivity index (χ0v) is 9.84. The summed E-state index contributed by atoms with van der Waals surface area (Å²) in [6.45, 7) is 4.05. The van der Waals surface area contributed by atoms with Crippen LogP contribution in [0.25, 0.3) is 0 Å². The number of amides is 1. The molecule has 0 saturated carbocycles. The zero-order valence-electron chi connectivity index (χ0n) is 9.84. The van der Waals surface area contributed by atoms with Crippen LogP contribution in [-0.2, 0) is 17.6 Å². The highest BCUT2D eigenvalue weighted by atomic mass is 16.1. The molecule has 1 amide bonds. The molecule has 0 bridgehead atoms. The molecule has 3 heteroatoms. The minimum Gasteiger partial charge on any atom is -0.328 e. The molecular formula is C13H18N2O. The maximum absolute atomic E-state index is 11.3. The third-order valence-electron chi connectivity index (χ3n) is 2.92. The molecule has 1 heterocycles. The first-order valence-corrected chi connectivity index (χ1v) is 5.74. The standard InChI is InChI=1S/C13H18N2O/c1-8-5-10(6-9(2)14)7-11-3-4-12(16)15-13(8)11/h5,7,9H,3-4,6,14H2,1-2H3,(H,15,16). The van der Waals surface area contributed by atoms with Crippen LogP contribution in [0.5, 0.6) is 0 Å². The first-order valence-electron chi connectivity index (χ1n) is 5.74. The Hall–Kier alpha value is -1.35. The van der Waals surface area contributed by atoms with Crippen LogP contribution in [0.3, 0.4) is 0 Å². The quantitative estimate of drug-likeness (QED) is 0.795. The summed E-state index contributed by atoms with van der Waals surface area (Å²) in [6.07, 6.45) is 2.32. The largest absolute Gasteiger partial charge is 0.328 e. The van der Waals surface area contributed by atoms with Gasteiger partial charge in [-0.2, -0.15) is 0 Å². The van der Waals surface area contributed by atoms with Crippen molar-refractivity contribution in [2.75, 3.05) is 5.32 Å². The summed E-state index contributed by atoms with van der Waals surface area (Å²) in [5.74, 6) is 0.121. The second-order valence-corrected chi connectivity index (χ2v) is 4.68. The van der Waals surface area contributed by atoms with Gasteiger partial charge in [0.25, 0.3) is 0 Å². The van der Waals surface area contributed by atoms with Crippen LogP contribution in [-0.4, -0.2) is 11.9 Å². The van der Waals surface area contributed by atoms with E-state index in [2.05, 4.69) is 17.4 Å². The van der Waals surface area contributed by atoms with Crippen molar-refractivity contribution in [3.63, 3.8) is 0 Å². The van der Waals surface area contributed by atoms with Crippen LogP contribution in [0, 0.1) is 6.92 Å². The molecule has 0 aliphatic carbocycles. The minimum absolute atomic E-state index is 0.121. The summed E-state index contributed by atoms with van der Waals surface area (Å²) >= 11 is 0. The van der Waals surface area contributed by atoms with Gasteiger partial charge < -0.3 is 11.1 Å². The van der Waals surface area contributed by atoms with Crippen LogP contribution in [0.4, 0.5) is 5.69 Å². The van der Waals surface area contributed by atoms with E-state index in [1.165, 1.54) is 11.1 Å². The number of rotatable bonds is 2. The fourth-order valence-electron chi connectivity index (χ4n) is 2.26. The lowest BCUT2D eigenvalue weighted by atomic mass is 9.94. The van der Waals surface area contributed by atoms with Crippen molar-refractivity contribution in [2.45, 2.75) is 39.2 Å². The van der Waals surface area contributed by atoms with Gasteiger partial charge >= 0.3 is 0 Å². The van der Waals surface area contributed by atoms with Crippen molar-refractivity contribution in [3.05, 3.63) is 28.8 Å². The molecule has 16 heavy (non-hydrogen) atoms. The SMILES string of the molecule is Cc1cc(CC(C)N)cc2c1NC(=O)CC2. The van der Waals surface area contributed by atoms with Crippen molar-refractivity contribution in [1.29, 1.82) is 0 Å². The van der Waals surface area contributed by atoms with Crippen molar-refractivity contribution >= 4 is 11.6 Å². The van der Waals surface area contributed by atoms with Gasteiger partial charge in [-0.05, 0) is 43.4 Å². The first kappa shape index (κ1) is 11.1. The molecule has 0 radical (unpaired) electrons. The lowest BCUT2D eigenvalue weighted by Gasteiger charge is -2.20. The predicted molar refractivity (Wildman–Crippen MR) is 65.5 cm³/mol. The maximum atomic E-state index is 11.3. The van der Waals surface area contributed by atoms with Crippen molar-refractivity contribution in [3.8, 4) is 0 Å². The molecular weight excluding hydrogens is 200 g/mol. The predicted octanol–water partition coefficient (Wildman–Crippen LogP) is 1.77. The number of nitrogens with one attached hydrogen (secondary N) is 1. The topological polar surface area (TPSA) is 55.1 Å². The summed E-state index contributed by atoms with van der Waals surface area (Å²) in [6, 6.07) is 4.47. The number of fused-ring (bicyclic) bond motifs is 1. The average molecular weight is 218 g/mol. The van der Waals surface area contributed by atoms with Crippen LogP contribution < -0.4 is 11.1 Å². The Balaban J connectivity index is 2.34. The second-order valence-electron chi connectivity index (χ2n) is 4.68. The number of hydrogen-bond acceptors (Lipinski definition) is 2. The highest BCUT2D eigenvalue weighted by molar-refractivity contribution is 5.94. The number of carbonyl (C=O) groups is 1. The van der Waals surface area contributed by atoms with Gasteiger partial charge in [0.1, 0.15) is 0 Å². The van der Waals surface area contributed by atoms with Crippen LogP contribution in [0.1, 0.15) is 30.0 Å². The summed E-state index contributed by atoms with van der Waals surface area (Å²) < 4.78 is 0. The van der Waals surface area contributed by atoms with E-state index in [9.17, 15) is 4.79 Å². The normalized spacial score (nSPS) is 16.6. The molecule has 3 nitrogen and oxygen atoms in total. The molecule has 1 aliphatic heterocycles. The van der Waals surface area contributed by atoms with E-state index in [0.717, 1.165) is 24.1 Å². The van der Waals surface area contributed by atoms with Crippen molar-refractivity contribution < 1.29 is 4.79 Å². The van der Waals surface area contributed by atoms with E-state index in [1.54, 1.807) is 0 Å². The highest BCUT2D eigenvalue weighted by Gasteiger charge is 2.17. The van der Waals surface area contributed by atoms with E-state index in [4.69, 9.17) is 5.73 Å². The van der Waals surface area contributed by atoms with E-state index >= 15 is 0 Å². The second kappa shape index (κ2) is 4.26. The molecule has 1 unspecified atom stereocenters. The lowest BCUT2D eigenvalue weighted by molar-refractivity contribution is -0.116. The molecule has 1 aromatic rings. The third-order valence-corrected chi connectivity index (χ3v) is 2.92. The Morgan fingerprint density at radius 1 is 1.44 bits per heavy atom. The molecule has 1 aromatic carbocycles. The third kappa shape index (κ3) is 2.25. The summed E-state index contributed by atoms with van der Waals surface area (Å²) in [7, 11) is 0. The molecule has 0 aromatic heterocycles. The van der Waals surface area contributed by atoms with Crippen LogP contribution in [0.2, 0.25) is 0 Å². The first-order chi connectivity index (χ1) is 7.56. The fraction of sp³-hybridized carbons (Fsp3) is 0.462. The number of nitrogens with two attached hydrogens (primary N) is 1. The fourth-order valence-corrected chi connectivity index (χ4v) is 2.26. The molecule has 1 atom stereocenters. The Morgan fingerprint density at radius 3 is 2.88 bits per heavy atom. The number of aryl methyl sites for hydroxylation is 2. The lowest BCUT2D eigenvalue weighted by Crippen LogP contribution is -2.21. The number of carbonyl (C=O) groups excluding carboxylic acids is 1.